The Morgan fingerprint density at radius 3 is 2.19 bits per heavy atom. The van der Waals surface area contributed by atoms with Crippen LogP contribution in [0.25, 0.3) is 0 Å². The van der Waals surface area contributed by atoms with E-state index in [1.54, 1.807) is 20.8 Å². The summed E-state index contributed by atoms with van der Waals surface area (Å²) in [5.41, 5.74) is 2.04. The van der Waals surface area contributed by atoms with Crippen molar-refractivity contribution < 1.29 is 18.3 Å². The number of carboxylic acid groups (broad SMARTS) is 1. The highest BCUT2D eigenvalue weighted by atomic mass is 32.2. The third kappa shape index (κ3) is 3.25. The molecule has 0 spiro atoms. The van der Waals surface area contributed by atoms with Crippen LogP contribution >= 0.6 is 0 Å². The van der Waals surface area contributed by atoms with Crippen LogP contribution in [0, 0.1) is 20.8 Å². The second-order valence-corrected chi connectivity index (χ2v) is 6.66. The Labute approximate surface area is 122 Å². The lowest BCUT2D eigenvalue weighted by Crippen LogP contribution is -2.15. The van der Waals surface area contributed by atoms with E-state index in [2.05, 4.69) is 9.71 Å². The van der Waals surface area contributed by atoms with Crippen molar-refractivity contribution in [2.45, 2.75) is 25.7 Å². The number of sulfonamides is 1. The molecule has 2 rings (SSSR count). The van der Waals surface area contributed by atoms with Gasteiger partial charge in [0.2, 0.25) is 0 Å². The van der Waals surface area contributed by atoms with Crippen LogP contribution in [0.3, 0.4) is 0 Å². The number of nitrogens with one attached hydrogen (secondary N) is 2. The second kappa shape index (κ2) is 5.25. The largest absolute Gasteiger partial charge is 0.477 e. The van der Waals surface area contributed by atoms with Gasteiger partial charge < -0.3 is 10.1 Å². The van der Waals surface area contributed by atoms with Crippen molar-refractivity contribution in [1.29, 1.82) is 0 Å². The maximum absolute atomic E-state index is 12.4. The molecular weight excluding hydrogens is 292 g/mol. The predicted molar refractivity (Wildman–Crippen MR) is 79.2 cm³/mol. The van der Waals surface area contributed by atoms with Crippen LogP contribution in [-0.2, 0) is 10.0 Å². The fourth-order valence-electron chi connectivity index (χ4n) is 2.13. The minimum absolute atomic E-state index is 0.0270. The number of anilines is 1. The quantitative estimate of drug-likeness (QED) is 0.807. The van der Waals surface area contributed by atoms with Crippen LogP contribution in [0.1, 0.15) is 27.3 Å². The Morgan fingerprint density at radius 1 is 1.10 bits per heavy atom. The molecule has 21 heavy (non-hydrogen) atoms. The molecule has 0 saturated carbocycles. The van der Waals surface area contributed by atoms with Gasteiger partial charge in [-0.05, 0) is 50.1 Å². The summed E-state index contributed by atoms with van der Waals surface area (Å²) in [7, 11) is -3.83. The molecule has 112 valence electrons. The summed E-state index contributed by atoms with van der Waals surface area (Å²) >= 11 is 0. The van der Waals surface area contributed by atoms with E-state index in [0.29, 0.717) is 5.69 Å². The molecule has 3 N–H and O–H groups in total. The lowest BCUT2D eigenvalue weighted by atomic mass is 10.2. The lowest BCUT2D eigenvalue weighted by molar-refractivity contribution is 0.0692. The summed E-state index contributed by atoms with van der Waals surface area (Å²) in [4.78, 5) is 13.8. The van der Waals surface area contributed by atoms with Gasteiger partial charge in [0.05, 0.1) is 10.6 Å². The van der Waals surface area contributed by atoms with E-state index >= 15 is 0 Å². The second-order valence-electron chi connectivity index (χ2n) is 4.98. The van der Waals surface area contributed by atoms with Gasteiger partial charge in [0, 0.05) is 5.69 Å². The van der Waals surface area contributed by atoms with Crippen LogP contribution < -0.4 is 4.72 Å². The van der Waals surface area contributed by atoms with Gasteiger partial charge in [-0.1, -0.05) is 6.07 Å². The molecular formula is C14H16N2O4S. The number of aromatic nitrogens is 1. The summed E-state index contributed by atoms with van der Waals surface area (Å²) in [6.45, 7) is 5.26. The zero-order valence-electron chi connectivity index (χ0n) is 11.9. The van der Waals surface area contributed by atoms with E-state index in [0.717, 1.165) is 11.1 Å². The number of H-pyrrole nitrogens is 1. The topological polar surface area (TPSA) is 99.3 Å². The highest BCUT2D eigenvalue weighted by molar-refractivity contribution is 7.92. The zero-order chi connectivity index (χ0) is 15.8. The van der Waals surface area contributed by atoms with Gasteiger partial charge in [-0.25, -0.2) is 13.2 Å². The molecule has 0 fully saturated rings. The lowest BCUT2D eigenvalue weighted by Gasteiger charge is -2.09. The van der Waals surface area contributed by atoms with E-state index in [4.69, 9.17) is 5.11 Å². The monoisotopic (exact) mass is 308 g/mol. The first-order chi connectivity index (χ1) is 9.69. The summed E-state index contributed by atoms with van der Waals surface area (Å²) in [6.07, 6.45) is 0. The Bertz CT molecular complexity index is 786. The minimum Gasteiger partial charge on any atom is -0.477 e. The molecule has 0 amide bonds. The van der Waals surface area contributed by atoms with Crippen LogP contribution in [-0.4, -0.2) is 24.5 Å². The zero-order valence-corrected chi connectivity index (χ0v) is 12.7. The summed E-state index contributed by atoms with van der Waals surface area (Å²) in [5, 5.41) is 9.07. The van der Waals surface area contributed by atoms with Gasteiger partial charge in [-0.2, -0.15) is 0 Å². The first kappa shape index (κ1) is 15.1. The van der Waals surface area contributed by atoms with Gasteiger partial charge in [-0.15, -0.1) is 0 Å². The summed E-state index contributed by atoms with van der Waals surface area (Å²) in [5.74, 6) is -1.22. The average molecular weight is 308 g/mol. The van der Waals surface area contributed by atoms with Crippen molar-refractivity contribution >= 4 is 21.7 Å². The van der Waals surface area contributed by atoms with Crippen molar-refractivity contribution in [1.82, 2.24) is 4.98 Å². The normalized spacial score (nSPS) is 11.4. The number of carbonyl (C=O) groups is 1. The fourth-order valence-corrected chi connectivity index (χ4v) is 3.38. The first-order valence-corrected chi connectivity index (χ1v) is 7.71. The molecule has 0 unspecified atom stereocenters. The van der Waals surface area contributed by atoms with Gasteiger partial charge >= 0.3 is 5.97 Å². The Hall–Kier alpha value is -2.28. The van der Waals surface area contributed by atoms with Crippen molar-refractivity contribution in [3.8, 4) is 0 Å². The molecule has 6 nitrogen and oxygen atoms in total. The molecule has 1 heterocycles. The molecule has 0 aliphatic rings. The van der Waals surface area contributed by atoms with Crippen LogP contribution in [0.5, 0.6) is 0 Å². The van der Waals surface area contributed by atoms with E-state index in [1.165, 1.54) is 18.2 Å². The number of hydrogen-bond acceptors (Lipinski definition) is 3. The molecule has 0 aliphatic heterocycles. The van der Waals surface area contributed by atoms with Crippen molar-refractivity contribution in [2.24, 2.45) is 0 Å². The van der Waals surface area contributed by atoms with E-state index in [9.17, 15) is 13.2 Å². The molecule has 0 aliphatic carbocycles. The molecule has 0 atom stereocenters. The average Bonchev–Trinajstić information content (AvgIpc) is 2.68. The maximum Gasteiger partial charge on any atom is 0.354 e. The van der Waals surface area contributed by atoms with Crippen LogP contribution in [0.15, 0.2) is 29.2 Å². The molecule has 0 radical (unpaired) electrons. The van der Waals surface area contributed by atoms with Crippen molar-refractivity contribution in [2.75, 3.05) is 4.72 Å². The SMILES string of the molecule is Cc1cc(C)cc(S(=O)(=O)Nc2cc(C)[nH]c2C(=O)O)c1. The number of rotatable bonds is 4. The minimum atomic E-state index is -3.83. The van der Waals surface area contributed by atoms with Gasteiger partial charge in [0.1, 0.15) is 5.69 Å². The highest BCUT2D eigenvalue weighted by Gasteiger charge is 2.20. The van der Waals surface area contributed by atoms with E-state index < -0.39 is 16.0 Å². The fraction of sp³-hybridized carbons (Fsp3) is 0.214. The molecule has 1 aromatic carbocycles. The Morgan fingerprint density at radius 2 is 1.67 bits per heavy atom. The number of hydrogen-bond donors (Lipinski definition) is 3. The number of aryl methyl sites for hydroxylation is 3. The van der Waals surface area contributed by atoms with Gasteiger partial charge in [0.25, 0.3) is 10.0 Å². The van der Waals surface area contributed by atoms with Crippen LogP contribution in [0.4, 0.5) is 5.69 Å². The number of aromatic amines is 1. The third-order valence-electron chi connectivity index (χ3n) is 2.92. The molecule has 1 aromatic heterocycles. The van der Waals surface area contributed by atoms with Gasteiger partial charge in [-0.3, -0.25) is 4.72 Å². The van der Waals surface area contributed by atoms with E-state index in [1.807, 2.05) is 6.07 Å². The number of aromatic carboxylic acids is 1. The third-order valence-corrected chi connectivity index (χ3v) is 4.26. The summed E-state index contributed by atoms with van der Waals surface area (Å²) < 4.78 is 27.1. The van der Waals surface area contributed by atoms with Crippen LogP contribution in [0.2, 0.25) is 0 Å². The Kier molecular flexibility index (Phi) is 3.78. The van der Waals surface area contributed by atoms with E-state index in [-0.39, 0.29) is 16.3 Å². The summed E-state index contributed by atoms with van der Waals surface area (Å²) in [6, 6.07) is 6.39. The smallest absolute Gasteiger partial charge is 0.354 e. The number of carboxylic acids is 1. The van der Waals surface area contributed by atoms with Gasteiger partial charge in [0.15, 0.2) is 0 Å². The highest BCUT2D eigenvalue weighted by Crippen LogP contribution is 2.22. The van der Waals surface area contributed by atoms with Crippen molar-refractivity contribution in [3.05, 3.63) is 46.8 Å². The predicted octanol–water partition coefficient (Wildman–Crippen LogP) is 2.44. The molecule has 0 bridgehead atoms. The maximum atomic E-state index is 12.4. The standard InChI is InChI=1S/C14H16N2O4S/c1-8-4-9(2)6-11(5-8)21(19,20)16-12-7-10(3)15-13(12)14(17)18/h4-7,15-16H,1-3H3,(H,17,18). The first-order valence-electron chi connectivity index (χ1n) is 6.23. The molecule has 7 heteroatoms. The molecule has 2 aromatic rings. The number of benzene rings is 1. The van der Waals surface area contributed by atoms with Crippen molar-refractivity contribution in [3.63, 3.8) is 0 Å². The Balaban J connectivity index is 2.44. The molecule has 0 saturated heterocycles.